The number of aromatic nitrogens is 1. The van der Waals surface area contributed by atoms with E-state index in [9.17, 15) is 9.59 Å². The molecule has 0 atom stereocenters. The highest BCUT2D eigenvalue weighted by atomic mass is 19.1. The lowest BCUT2D eigenvalue weighted by Gasteiger charge is -2.27. The predicted molar refractivity (Wildman–Crippen MR) is 170 cm³/mol. The van der Waals surface area contributed by atoms with Crippen molar-refractivity contribution in [1.82, 2.24) is 9.47 Å². The maximum absolute atomic E-state index is 15.9. The fourth-order valence-corrected chi connectivity index (χ4v) is 6.06. The Morgan fingerprint density at radius 2 is 1.74 bits per heavy atom. The smallest absolute Gasteiger partial charge is 0.261 e. The van der Waals surface area contributed by atoms with Crippen LogP contribution >= 0.6 is 0 Å². The number of anilines is 3. The van der Waals surface area contributed by atoms with E-state index in [-0.39, 0.29) is 22.4 Å². The molecule has 3 heterocycles. The minimum Gasteiger partial charge on any atom is -0.450 e. The molecule has 0 spiro atoms. The van der Waals surface area contributed by atoms with Crippen LogP contribution in [0.25, 0.3) is 27.4 Å². The Hall–Kier alpha value is -4.89. The minimum absolute atomic E-state index is 0.0759. The zero-order chi connectivity index (χ0) is 29.7. The van der Waals surface area contributed by atoms with Gasteiger partial charge in [0.05, 0.1) is 11.1 Å². The van der Waals surface area contributed by atoms with Crippen molar-refractivity contribution in [3.05, 3.63) is 94.5 Å². The summed E-state index contributed by atoms with van der Waals surface area (Å²) in [5.41, 5.74) is 2.16. The highest BCUT2D eigenvalue weighted by Gasteiger charge is 2.29. The highest BCUT2D eigenvalue weighted by molar-refractivity contribution is 6.07. The Labute approximate surface area is 248 Å². The normalized spacial score (nSPS) is 14.0. The Morgan fingerprint density at radius 3 is 2.51 bits per heavy atom. The van der Waals surface area contributed by atoms with Crippen LogP contribution in [0.2, 0.25) is 0 Å². The molecule has 7 rings (SSSR count). The minimum atomic E-state index is -0.604. The molecule has 1 fully saturated rings. The number of nitrogens with one attached hydrogen (secondary N) is 2. The molecule has 1 aromatic heterocycles. The number of ether oxygens (including phenoxy) is 1. The summed E-state index contributed by atoms with van der Waals surface area (Å²) in [6.45, 7) is 3.37. The maximum Gasteiger partial charge on any atom is 0.261 e. The molecular formula is C34H32FN5O3. The lowest BCUT2D eigenvalue weighted by molar-refractivity contribution is 0.102. The molecule has 0 bridgehead atoms. The van der Waals surface area contributed by atoms with Crippen LogP contribution in [-0.2, 0) is 0 Å². The molecule has 1 amide bonds. The largest absolute Gasteiger partial charge is 0.450 e. The fraction of sp³-hybridized carbons (Fsp3) is 0.235. The monoisotopic (exact) mass is 577 g/mol. The Balaban J connectivity index is 1.36. The molecule has 8 nitrogen and oxygen atoms in total. The third-order valence-electron chi connectivity index (χ3n) is 8.33. The van der Waals surface area contributed by atoms with Gasteiger partial charge in [0.1, 0.15) is 16.8 Å². The average molecular weight is 578 g/mol. The molecule has 0 radical (unpaired) electrons. The van der Waals surface area contributed by atoms with E-state index < -0.39 is 17.2 Å². The molecule has 0 saturated carbocycles. The van der Waals surface area contributed by atoms with Crippen LogP contribution in [0.15, 0.2) is 77.7 Å². The zero-order valence-electron chi connectivity index (χ0n) is 24.1. The Bertz CT molecular complexity index is 1950. The van der Waals surface area contributed by atoms with Crippen molar-refractivity contribution in [3.8, 4) is 17.2 Å². The summed E-state index contributed by atoms with van der Waals surface area (Å²) < 4.78 is 24.1. The molecule has 43 heavy (non-hydrogen) atoms. The number of hydrogen-bond acceptors (Lipinski definition) is 6. The summed E-state index contributed by atoms with van der Waals surface area (Å²) in [5.74, 6) is -0.400. The van der Waals surface area contributed by atoms with Crippen LogP contribution in [0.3, 0.4) is 0 Å². The molecule has 4 aromatic carbocycles. The summed E-state index contributed by atoms with van der Waals surface area (Å²) >= 11 is 0. The first-order chi connectivity index (χ1) is 20.9. The van der Waals surface area contributed by atoms with E-state index >= 15 is 4.39 Å². The van der Waals surface area contributed by atoms with Gasteiger partial charge in [0, 0.05) is 50.1 Å². The van der Waals surface area contributed by atoms with Crippen molar-refractivity contribution in [3.63, 3.8) is 0 Å². The van der Waals surface area contributed by atoms with Crippen molar-refractivity contribution >= 4 is 44.6 Å². The topological polar surface area (TPSA) is 78.8 Å². The van der Waals surface area contributed by atoms with Gasteiger partial charge in [-0.15, -0.1) is 0 Å². The number of fused-ring (bicyclic) bond motifs is 4. The number of pyridine rings is 1. The first-order valence-electron chi connectivity index (χ1n) is 14.6. The maximum atomic E-state index is 15.9. The van der Waals surface area contributed by atoms with Gasteiger partial charge in [-0.1, -0.05) is 30.3 Å². The van der Waals surface area contributed by atoms with Crippen molar-refractivity contribution in [2.24, 2.45) is 0 Å². The second-order valence-corrected chi connectivity index (χ2v) is 11.3. The summed E-state index contributed by atoms with van der Waals surface area (Å²) in [7, 11) is 3.86. The molecule has 2 aliphatic rings. The van der Waals surface area contributed by atoms with E-state index in [2.05, 4.69) is 15.5 Å². The van der Waals surface area contributed by atoms with E-state index in [4.69, 9.17) is 4.74 Å². The third kappa shape index (κ3) is 4.75. The molecule has 5 aromatic rings. The van der Waals surface area contributed by atoms with Crippen molar-refractivity contribution in [2.45, 2.75) is 12.8 Å². The number of hydrogen-bond donors (Lipinski definition) is 2. The van der Waals surface area contributed by atoms with E-state index in [0.717, 1.165) is 36.1 Å². The molecule has 2 N–H and O–H groups in total. The van der Waals surface area contributed by atoms with Crippen molar-refractivity contribution in [1.29, 1.82) is 0 Å². The number of likely N-dealkylation sites (tertiary alicyclic amines) is 1. The van der Waals surface area contributed by atoms with Crippen LogP contribution in [0, 0.1) is 5.82 Å². The Morgan fingerprint density at radius 1 is 0.977 bits per heavy atom. The van der Waals surface area contributed by atoms with Crippen molar-refractivity contribution in [2.75, 3.05) is 55.8 Å². The number of benzene rings is 4. The molecule has 2 aliphatic heterocycles. The standard InChI is InChI=1S/C34H32FN5O3/c1-38(2)23-12-10-22(11-13-23)37-34(42)26-20-40-28-14-9-21-7-3-4-8-24(21)32(28)43-33-29(36-15-18-39-16-5-6-17-39)27(35)19-25(30(33)40)31(26)41/h3-4,7-14,19-20,36H,5-6,15-18H2,1-2H3,(H,37,42). The van der Waals surface area contributed by atoms with Crippen LogP contribution in [0.4, 0.5) is 21.5 Å². The van der Waals surface area contributed by atoms with E-state index in [0.29, 0.717) is 29.2 Å². The zero-order valence-corrected chi connectivity index (χ0v) is 24.1. The lowest BCUT2D eigenvalue weighted by Crippen LogP contribution is -2.27. The van der Waals surface area contributed by atoms with Gasteiger partial charge in [-0.2, -0.15) is 0 Å². The summed E-state index contributed by atoms with van der Waals surface area (Å²) in [6, 6.07) is 20.2. The molecule has 9 heteroatoms. The summed E-state index contributed by atoms with van der Waals surface area (Å²) in [4.78, 5) is 31.6. The average Bonchev–Trinajstić information content (AvgIpc) is 3.53. The second-order valence-electron chi connectivity index (χ2n) is 11.3. The van der Waals surface area contributed by atoms with Crippen LogP contribution in [-0.4, -0.2) is 55.6 Å². The van der Waals surface area contributed by atoms with Gasteiger partial charge < -0.3 is 29.7 Å². The predicted octanol–water partition coefficient (Wildman–Crippen LogP) is 6.21. The van der Waals surface area contributed by atoms with Crippen LogP contribution in [0.1, 0.15) is 23.2 Å². The number of carbonyl (C=O) groups is 1. The SMILES string of the molecule is CN(C)c1ccc(NC(=O)c2cn3c4c(c(NCCN5CCCC5)c(F)cc4c2=O)Oc2c-3ccc3ccccc23)cc1. The third-order valence-corrected chi connectivity index (χ3v) is 8.33. The second kappa shape index (κ2) is 10.7. The van der Waals surface area contributed by atoms with E-state index in [1.165, 1.54) is 18.9 Å². The van der Waals surface area contributed by atoms with Crippen LogP contribution < -0.4 is 25.7 Å². The molecule has 1 saturated heterocycles. The first kappa shape index (κ1) is 27.0. The number of carbonyl (C=O) groups excluding carboxylic acids is 1. The number of rotatable bonds is 7. The van der Waals surface area contributed by atoms with Gasteiger partial charge in [0.25, 0.3) is 5.91 Å². The van der Waals surface area contributed by atoms with E-state index in [1.807, 2.05) is 67.5 Å². The van der Waals surface area contributed by atoms with Gasteiger partial charge >= 0.3 is 0 Å². The van der Waals surface area contributed by atoms with Gasteiger partial charge in [-0.3, -0.25) is 9.59 Å². The first-order valence-corrected chi connectivity index (χ1v) is 14.6. The summed E-state index contributed by atoms with van der Waals surface area (Å²) in [5, 5.41) is 7.97. The quantitative estimate of drug-likeness (QED) is 0.235. The molecular weight excluding hydrogens is 545 g/mol. The molecule has 218 valence electrons. The van der Waals surface area contributed by atoms with E-state index in [1.54, 1.807) is 22.9 Å². The fourth-order valence-electron chi connectivity index (χ4n) is 6.06. The number of nitrogens with zero attached hydrogens (tertiary/aromatic N) is 3. The highest BCUT2D eigenvalue weighted by Crippen LogP contribution is 2.47. The lowest BCUT2D eigenvalue weighted by atomic mass is 10.0. The van der Waals surface area contributed by atoms with Gasteiger partial charge in [0.15, 0.2) is 17.3 Å². The molecule has 0 unspecified atom stereocenters. The van der Waals surface area contributed by atoms with Crippen molar-refractivity contribution < 1.29 is 13.9 Å². The number of halogens is 1. The van der Waals surface area contributed by atoms with Gasteiger partial charge in [0.2, 0.25) is 5.43 Å². The van der Waals surface area contributed by atoms with Crippen LogP contribution in [0.5, 0.6) is 11.5 Å². The van der Waals surface area contributed by atoms with Gasteiger partial charge in [-0.25, -0.2) is 4.39 Å². The van der Waals surface area contributed by atoms with Gasteiger partial charge in [-0.05, 0) is 67.7 Å². The summed E-state index contributed by atoms with van der Waals surface area (Å²) in [6.07, 6.45) is 3.89. The molecule has 0 aliphatic carbocycles. The number of amides is 1. The Kier molecular flexibility index (Phi) is 6.74.